The van der Waals surface area contributed by atoms with Crippen molar-refractivity contribution >= 4 is 28.0 Å². The number of nitrogens with zero attached hydrogens (tertiary/aromatic N) is 2. The molecule has 3 aromatic heterocycles. The molecule has 0 N–H and O–H groups in total. The smallest absolute Gasteiger partial charge is 0.145 e. The molecule has 6 rings (SSSR count). The van der Waals surface area contributed by atoms with Crippen LogP contribution in [0.3, 0.4) is 0 Å². The molecule has 0 aliphatic rings. The molecule has 0 amide bonds. The molecular weight excluding hydrogens is 452 g/mol. The SMILES string of the molecule is CC(C)/C(=C/c1ccc2c(oc3ccccc32)c1-c1ccccn1)Cc1ccccc1-c1ccccn1. The summed E-state index contributed by atoms with van der Waals surface area (Å²) in [6.45, 7) is 4.52. The van der Waals surface area contributed by atoms with E-state index in [0.29, 0.717) is 5.92 Å². The Labute approximate surface area is 217 Å². The second kappa shape index (κ2) is 9.87. The van der Waals surface area contributed by atoms with Crippen molar-refractivity contribution < 1.29 is 4.42 Å². The van der Waals surface area contributed by atoms with E-state index in [9.17, 15) is 0 Å². The van der Waals surface area contributed by atoms with Crippen LogP contribution in [0.2, 0.25) is 0 Å². The second-order valence-corrected chi connectivity index (χ2v) is 9.64. The maximum atomic E-state index is 6.44. The van der Waals surface area contributed by atoms with E-state index in [-0.39, 0.29) is 0 Å². The summed E-state index contributed by atoms with van der Waals surface area (Å²) in [5.41, 5.74) is 9.62. The molecule has 0 bridgehead atoms. The third-order valence-corrected chi connectivity index (χ3v) is 6.94. The minimum Gasteiger partial charge on any atom is -0.455 e. The van der Waals surface area contributed by atoms with Crippen molar-refractivity contribution in [2.24, 2.45) is 5.92 Å². The Morgan fingerprint density at radius 3 is 2.19 bits per heavy atom. The number of rotatable bonds is 6. The monoisotopic (exact) mass is 480 g/mol. The van der Waals surface area contributed by atoms with E-state index < -0.39 is 0 Å². The van der Waals surface area contributed by atoms with Crippen LogP contribution in [-0.4, -0.2) is 9.97 Å². The zero-order valence-electron chi connectivity index (χ0n) is 21.1. The third kappa shape index (κ3) is 4.45. The lowest BCUT2D eigenvalue weighted by molar-refractivity contribution is 0.669. The maximum Gasteiger partial charge on any atom is 0.145 e. The Balaban J connectivity index is 1.52. The van der Waals surface area contributed by atoms with Crippen molar-refractivity contribution in [2.45, 2.75) is 20.3 Å². The first kappa shape index (κ1) is 22.9. The standard InChI is InChI=1S/C34H28N2O/c1-23(2)26(21-24-11-3-4-12-27(24)30-14-7-9-19-35-30)22-25-17-18-29-28-13-5-6-16-32(28)37-34(29)33(25)31-15-8-10-20-36-31/h3-20,22-23H,21H2,1-2H3/b26-22+. The van der Waals surface area contributed by atoms with Gasteiger partial charge in [-0.15, -0.1) is 0 Å². The fourth-order valence-electron chi connectivity index (χ4n) is 4.99. The van der Waals surface area contributed by atoms with Crippen molar-refractivity contribution in [2.75, 3.05) is 0 Å². The van der Waals surface area contributed by atoms with E-state index in [0.717, 1.165) is 50.9 Å². The first-order valence-corrected chi connectivity index (χ1v) is 12.7. The van der Waals surface area contributed by atoms with Crippen LogP contribution in [0.25, 0.3) is 50.5 Å². The van der Waals surface area contributed by atoms with Gasteiger partial charge in [0, 0.05) is 28.7 Å². The number of benzene rings is 3. The molecule has 6 aromatic rings. The fraction of sp³-hybridized carbons (Fsp3) is 0.118. The minimum atomic E-state index is 0.361. The molecule has 0 radical (unpaired) electrons. The molecule has 3 heterocycles. The highest BCUT2D eigenvalue weighted by Gasteiger charge is 2.18. The molecule has 0 aliphatic carbocycles. The molecule has 0 atom stereocenters. The highest BCUT2D eigenvalue weighted by atomic mass is 16.3. The Hall–Kier alpha value is -4.50. The molecule has 3 nitrogen and oxygen atoms in total. The number of hydrogen-bond donors (Lipinski definition) is 0. The van der Waals surface area contributed by atoms with Gasteiger partial charge in [-0.3, -0.25) is 9.97 Å². The highest BCUT2D eigenvalue weighted by molar-refractivity contribution is 6.10. The highest BCUT2D eigenvalue weighted by Crippen LogP contribution is 2.39. The number of allylic oxidation sites excluding steroid dienone is 1. The van der Waals surface area contributed by atoms with Gasteiger partial charge in [-0.2, -0.15) is 0 Å². The summed E-state index contributed by atoms with van der Waals surface area (Å²) in [7, 11) is 0. The average molecular weight is 481 g/mol. The van der Waals surface area contributed by atoms with Crippen LogP contribution in [0.15, 0.2) is 119 Å². The number of furan rings is 1. The zero-order chi connectivity index (χ0) is 25.2. The van der Waals surface area contributed by atoms with Gasteiger partial charge in [-0.1, -0.05) is 86.2 Å². The third-order valence-electron chi connectivity index (χ3n) is 6.94. The number of hydrogen-bond acceptors (Lipinski definition) is 3. The van der Waals surface area contributed by atoms with E-state index >= 15 is 0 Å². The van der Waals surface area contributed by atoms with Gasteiger partial charge in [0.25, 0.3) is 0 Å². The molecule has 3 aromatic carbocycles. The van der Waals surface area contributed by atoms with Gasteiger partial charge in [0.2, 0.25) is 0 Å². The van der Waals surface area contributed by atoms with Gasteiger partial charge in [-0.25, -0.2) is 0 Å². The summed E-state index contributed by atoms with van der Waals surface area (Å²) in [5.74, 6) is 0.361. The number of pyridine rings is 2. The predicted octanol–water partition coefficient (Wildman–Crippen LogP) is 8.99. The molecule has 0 aliphatic heterocycles. The van der Waals surface area contributed by atoms with Gasteiger partial charge < -0.3 is 4.42 Å². The normalized spacial score (nSPS) is 12.0. The van der Waals surface area contributed by atoms with Crippen molar-refractivity contribution in [1.29, 1.82) is 0 Å². The van der Waals surface area contributed by atoms with Crippen LogP contribution in [0, 0.1) is 5.92 Å². The van der Waals surface area contributed by atoms with Gasteiger partial charge in [-0.05, 0) is 59.9 Å². The van der Waals surface area contributed by atoms with Crippen molar-refractivity contribution in [3.63, 3.8) is 0 Å². The molecule has 0 spiro atoms. The molecule has 180 valence electrons. The summed E-state index contributed by atoms with van der Waals surface area (Å²) >= 11 is 0. The number of aromatic nitrogens is 2. The molecule has 0 saturated carbocycles. The van der Waals surface area contributed by atoms with E-state index in [1.54, 1.807) is 0 Å². The lowest BCUT2D eigenvalue weighted by atomic mass is 9.89. The van der Waals surface area contributed by atoms with E-state index in [1.807, 2.05) is 48.8 Å². The summed E-state index contributed by atoms with van der Waals surface area (Å²) in [6, 6.07) is 33.3. The molecule has 0 unspecified atom stereocenters. The fourth-order valence-corrected chi connectivity index (χ4v) is 4.99. The van der Waals surface area contributed by atoms with Crippen molar-refractivity contribution in [3.05, 3.63) is 126 Å². The van der Waals surface area contributed by atoms with Gasteiger partial charge in [0.15, 0.2) is 0 Å². The zero-order valence-corrected chi connectivity index (χ0v) is 21.1. The molecule has 0 saturated heterocycles. The lowest BCUT2D eigenvalue weighted by Crippen LogP contribution is -2.01. The predicted molar refractivity (Wildman–Crippen MR) is 153 cm³/mol. The first-order valence-electron chi connectivity index (χ1n) is 12.7. The topological polar surface area (TPSA) is 38.9 Å². The second-order valence-electron chi connectivity index (χ2n) is 9.64. The Morgan fingerprint density at radius 1 is 0.730 bits per heavy atom. The largest absolute Gasteiger partial charge is 0.455 e. The van der Waals surface area contributed by atoms with Crippen LogP contribution >= 0.6 is 0 Å². The van der Waals surface area contributed by atoms with E-state index in [4.69, 9.17) is 9.40 Å². The Kier molecular flexibility index (Phi) is 6.11. The molecule has 37 heavy (non-hydrogen) atoms. The summed E-state index contributed by atoms with van der Waals surface area (Å²) in [5, 5.41) is 2.23. The van der Waals surface area contributed by atoms with E-state index in [1.165, 1.54) is 16.7 Å². The Morgan fingerprint density at radius 2 is 1.43 bits per heavy atom. The van der Waals surface area contributed by atoms with Gasteiger partial charge >= 0.3 is 0 Å². The first-order chi connectivity index (χ1) is 18.2. The van der Waals surface area contributed by atoms with E-state index in [2.05, 4.69) is 85.6 Å². The number of para-hydroxylation sites is 1. The average Bonchev–Trinajstić information content (AvgIpc) is 3.32. The number of fused-ring (bicyclic) bond motifs is 3. The summed E-state index contributed by atoms with van der Waals surface area (Å²) < 4.78 is 6.44. The lowest BCUT2D eigenvalue weighted by Gasteiger charge is -2.16. The van der Waals surface area contributed by atoms with Crippen LogP contribution < -0.4 is 0 Å². The van der Waals surface area contributed by atoms with Crippen LogP contribution in [0.5, 0.6) is 0 Å². The van der Waals surface area contributed by atoms with Gasteiger partial charge in [0.05, 0.1) is 17.0 Å². The Bertz CT molecular complexity index is 1710. The van der Waals surface area contributed by atoms with Crippen LogP contribution in [0.1, 0.15) is 25.0 Å². The minimum absolute atomic E-state index is 0.361. The molecule has 0 fully saturated rings. The van der Waals surface area contributed by atoms with Crippen LogP contribution in [-0.2, 0) is 6.42 Å². The van der Waals surface area contributed by atoms with Crippen molar-refractivity contribution in [1.82, 2.24) is 9.97 Å². The summed E-state index contributed by atoms with van der Waals surface area (Å²) in [4.78, 5) is 9.34. The maximum absolute atomic E-state index is 6.44. The quantitative estimate of drug-likeness (QED) is 0.239. The van der Waals surface area contributed by atoms with Gasteiger partial charge in [0.1, 0.15) is 11.2 Å². The summed E-state index contributed by atoms with van der Waals surface area (Å²) in [6.07, 6.45) is 6.87. The molecule has 3 heteroatoms. The van der Waals surface area contributed by atoms with Crippen LogP contribution in [0.4, 0.5) is 0 Å². The molecular formula is C34H28N2O. The van der Waals surface area contributed by atoms with Crippen molar-refractivity contribution in [3.8, 4) is 22.5 Å².